The highest BCUT2D eigenvalue weighted by molar-refractivity contribution is 14.0. The molecule has 0 bridgehead atoms. The molecule has 6 heteroatoms. The van der Waals surface area contributed by atoms with Crippen LogP contribution in [0.15, 0.2) is 29.3 Å². The largest absolute Gasteiger partial charge is 0.396 e. The van der Waals surface area contributed by atoms with E-state index in [1.807, 2.05) is 0 Å². The summed E-state index contributed by atoms with van der Waals surface area (Å²) in [5.74, 6) is 1.34. The van der Waals surface area contributed by atoms with Crippen LogP contribution in [0.1, 0.15) is 51.2 Å². The lowest BCUT2D eigenvalue weighted by atomic mass is 10.0. The first-order chi connectivity index (χ1) is 12.6. The van der Waals surface area contributed by atoms with E-state index in [0.29, 0.717) is 12.5 Å². The summed E-state index contributed by atoms with van der Waals surface area (Å²) in [5, 5.41) is 16.0. The summed E-state index contributed by atoms with van der Waals surface area (Å²) in [6, 6.07) is 8.66. The smallest absolute Gasteiger partial charge is 0.191 e. The molecule has 0 spiro atoms. The third-order valence-corrected chi connectivity index (χ3v) is 4.54. The molecule has 0 heterocycles. The number of hydrogen-bond donors (Lipinski definition) is 3. The van der Waals surface area contributed by atoms with E-state index in [2.05, 4.69) is 67.6 Å². The third kappa shape index (κ3) is 11.5. The monoisotopic (exact) mass is 490 g/mol. The molecule has 0 radical (unpaired) electrons. The van der Waals surface area contributed by atoms with Crippen molar-refractivity contribution < 1.29 is 5.11 Å². The van der Waals surface area contributed by atoms with E-state index in [-0.39, 0.29) is 30.6 Å². The number of guanidine groups is 1. The summed E-state index contributed by atoms with van der Waals surface area (Å²) in [4.78, 5) is 7.03. The van der Waals surface area contributed by atoms with Gasteiger partial charge >= 0.3 is 0 Å². The molecule has 1 aromatic rings. The Morgan fingerprint density at radius 2 is 1.89 bits per heavy atom. The average molecular weight is 490 g/mol. The molecule has 0 saturated carbocycles. The van der Waals surface area contributed by atoms with Crippen LogP contribution in [0.2, 0.25) is 0 Å². The van der Waals surface area contributed by atoms with Crippen molar-refractivity contribution >= 4 is 29.9 Å². The minimum absolute atomic E-state index is 0. The number of halogens is 1. The molecule has 0 aromatic heterocycles. The normalized spacial score (nSPS) is 12.6. The first-order valence-corrected chi connectivity index (χ1v) is 10.0. The number of nitrogens with one attached hydrogen (secondary N) is 2. The molecule has 5 nitrogen and oxygen atoms in total. The van der Waals surface area contributed by atoms with E-state index in [1.54, 1.807) is 0 Å². The van der Waals surface area contributed by atoms with Gasteiger partial charge in [0.2, 0.25) is 0 Å². The van der Waals surface area contributed by atoms with Gasteiger partial charge in [-0.15, -0.1) is 24.0 Å². The SMILES string of the molecule is CCCC(CCO)CNC(=NCc1cccc(CN(C)CC)c1)NCC.I. The standard InChI is InChI=1S/C21H38N4O.HI/c1-5-9-18(12-13-26)15-23-21(22-6-2)24-16-19-10-8-11-20(14-19)17-25(4)7-3;/h8,10-11,14,18,26H,5-7,9,12-13,15-17H2,1-4H3,(H2,22,23,24);1H. The van der Waals surface area contributed by atoms with Gasteiger partial charge < -0.3 is 20.6 Å². The predicted octanol–water partition coefficient (Wildman–Crippen LogP) is 3.61. The fourth-order valence-corrected chi connectivity index (χ4v) is 2.94. The minimum atomic E-state index is 0. The third-order valence-electron chi connectivity index (χ3n) is 4.54. The maximum atomic E-state index is 9.21. The molecule has 0 saturated heterocycles. The summed E-state index contributed by atoms with van der Waals surface area (Å²) in [7, 11) is 2.14. The van der Waals surface area contributed by atoms with Crippen LogP contribution in [0.5, 0.6) is 0 Å². The molecule has 27 heavy (non-hydrogen) atoms. The van der Waals surface area contributed by atoms with Crippen molar-refractivity contribution in [2.24, 2.45) is 10.9 Å². The first kappa shape index (κ1) is 26.1. The molecule has 0 amide bonds. The number of benzene rings is 1. The minimum Gasteiger partial charge on any atom is -0.396 e. The Labute approximate surface area is 183 Å². The van der Waals surface area contributed by atoms with Crippen LogP contribution in [0, 0.1) is 5.92 Å². The van der Waals surface area contributed by atoms with Gasteiger partial charge in [-0.2, -0.15) is 0 Å². The van der Waals surface area contributed by atoms with Crippen molar-refractivity contribution in [2.75, 3.05) is 33.3 Å². The number of nitrogens with zero attached hydrogens (tertiary/aromatic N) is 2. The van der Waals surface area contributed by atoms with Crippen LogP contribution >= 0.6 is 24.0 Å². The summed E-state index contributed by atoms with van der Waals surface area (Å²) in [5.41, 5.74) is 2.55. The second-order valence-corrected chi connectivity index (χ2v) is 6.89. The summed E-state index contributed by atoms with van der Waals surface area (Å²) < 4.78 is 0. The molecule has 3 N–H and O–H groups in total. The molecule has 1 aromatic carbocycles. The van der Waals surface area contributed by atoms with Gasteiger partial charge in [0.05, 0.1) is 6.54 Å². The van der Waals surface area contributed by atoms with Gasteiger partial charge in [0.15, 0.2) is 5.96 Å². The van der Waals surface area contributed by atoms with E-state index in [0.717, 1.165) is 51.4 Å². The fourth-order valence-electron chi connectivity index (χ4n) is 2.94. The molecular weight excluding hydrogens is 451 g/mol. The second kappa shape index (κ2) is 16.1. The lowest BCUT2D eigenvalue weighted by Crippen LogP contribution is -2.40. The first-order valence-electron chi connectivity index (χ1n) is 10.0. The Balaban J connectivity index is 0.00000676. The van der Waals surface area contributed by atoms with Crippen molar-refractivity contribution in [3.8, 4) is 0 Å². The second-order valence-electron chi connectivity index (χ2n) is 6.89. The van der Waals surface area contributed by atoms with Gasteiger partial charge in [0, 0.05) is 26.2 Å². The molecule has 1 unspecified atom stereocenters. The zero-order valence-corrected chi connectivity index (χ0v) is 19.8. The topological polar surface area (TPSA) is 59.9 Å². The van der Waals surface area contributed by atoms with Crippen molar-refractivity contribution in [3.05, 3.63) is 35.4 Å². The van der Waals surface area contributed by atoms with Crippen molar-refractivity contribution in [3.63, 3.8) is 0 Å². The number of rotatable bonds is 12. The molecule has 0 aliphatic carbocycles. The zero-order chi connectivity index (χ0) is 19.2. The highest BCUT2D eigenvalue weighted by Gasteiger charge is 2.08. The van der Waals surface area contributed by atoms with Gasteiger partial charge in [0.25, 0.3) is 0 Å². The number of aliphatic hydroxyl groups excluding tert-OH is 1. The Hall–Kier alpha value is -0.860. The van der Waals surface area contributed by atoms with E-state index in [9.17, 15) is 5.11 Å². The molecular formula is C21H39IN4O. The van der Waals surface area contributed by atoms with Crippen LogP contribution in [0.4, 0.5) is 0 Å². The average Bonchev–Trinajstić information content (AvgIpc) is 2.64. The van der Waals surface area contributed by atoms with E-state index in [1.165, 1.54) is 11.1 Å². The number of aliphatic hydroxyl groups is 1. The van der Waals surface area contributed by atoms with Gasteiger partial charge in [-0.25, -0.2) is 4.99 Å². The van der Waals surface area contributed by atoms with Gasteiger partial charge in [-0.3, -0.25) is 0 Å². The Kier molecular flexibility index (Phi) is 15.6. The summed E-state index contributed by atoms with van der Waals surface area (Å²) >= 11 is 0. The van der Waals surface area contributed by atoms with Gasteiger partial charge in [0.1, 0.15) is 0 Å². The zero-order valence-electron chi connectivity index (χ0n) is 17.5. The van der Waals surface area contributed by atoms with Crippen LogP contribution in [0.25, 0.3) is 0 Å². The lowest BCUT2D eigenvalue weighted by Gasteiger charge is -2.18. The van der Waals surface area contributed by atoms with Crippen LogP contribution in [0.3, 0.4) is 0 Å². The maximum absolute atomic E-state index is 9.21. The molecule has 0 aliphatic heterocycles. The lowest BCUT2D eigenvalue weighted by molar-refractivity contribution is 0.251. The van der Waals surface area contributed by atoms with Crippen molar-refractivity contribution in [1.29, 1.82) is 0 Å². The highest BCUT2D eigenvalue weighted by atomic mass is 127. The van der Waals surface area contributed by atoms with E-state index < -0.39 is 0 Å². The quantitative estimate of drug-likeness (QED) is 0.238. The maximum Gasteiger partial charge on any atom is 0.191 e. The van der Waals surface area contributed by atoms with Crippen LogP contribution in [-0.2, 0) is 13.1 Å². The Morgan fingerprint density at radius 3 is 2.52 bits per heavy atom. The highest BCUT2D eigenvalue weighted by Crippen LogP contribution is 2.10. The van der Waals surface area contributed by atoms with Gasteiger partial charge in [-0.1, -0.05) is 44.5 Å². The van der Waals surface area contributed by atoms with E-state index in [4.69, 9.17) is 4.99 Å². The van der Waals surface area contributed by atoms with Crippen LogP contribution in [-0.4, -0.2) is 49.3 Å². The molecule has 0 fully saturated rings. The van der Waals surface area contributed by atoms with Crippen LogP contribution < -0.4 is 10.6 Å². The number of aliphatic imine (C=N–C) groups is 1. The Bertz CT molecular complexity index is 519. The van der Waals surface area contributed by atoms with Gasteiger partial charge in [-0.05, 0) is 50.4 Å². The Morgan fingerprint density at radius 1 is 1.15 bits per heavy atom. The van der Waals surface area contributed by atoms with Crippen molar-refractivity contribution in [2.45, 2.75) is 53.1 Å². The van der Waals surface area contributed by atoms with Crippen molar-refractivity contribution in [1.82, 2.24) is 15.5 Å². The summed E-state index contributed by atoms with van der Waals surface area (Å²) in [6.45, 7) is 11.0. The molecule has 0 aliphatic rings. The van der Waals surface area contributed by atoms with E-state index >= 15 is 0 Å². The number of hydrogen-bond acceptors (Lipinski definition) is 3. The summed E-state index contributed by atoms with van der Waals surface area (Å²) in [6.07, 6.45) is 3.10. The molecule has 1 rings (SSSR count). The molecule has 156 valence electrons. The predicted molar refractivity (Wildman–Crippen MR) is 127 cm³/mol. The molecule has 1 atom stereocenters. The fraction of sp³-hybridized carbons (Fsp3) is 0.667.